The first kappa shape index (κ1) is 18.0. The molecule has 3 rings (SSSR count). The highest BCUT2D eigenvalue weighted by Crippen LogP contribution is 2.28. The average molecular weight is 422 g/mol. The standard InChI is InChI=1S/C19H18BrClN2O2/c1-12-3-8-16(21)11-17(12)23-10-9-22(13(2)18(23)24)19(25)14-4-6-15(20)7-5-14/h3-8,11,13H,9-10H2,1-2H3/t13-/m1/s1. The van der Waals surface area contributed by atoms with Crippen LogP contribution in [0.3, 0.4) is 0 Å². The summed E-state index contributed by atoms with van der Waals surface area (Å²) in [5.41, 5.74) is 2.37. The average Bonchev–Trinajstić information content (AvgIpc) is 2.60. The number of halogens is 2. The maximum absolute atomic E-state index is 12.9. The van der Waals surface area contributed by atoms with Crippen molar-refractivity contribution in [1.82, 2.24) is 4.90 Å². The number of nitrogens with zero attached hydrogens (tertiary/aromatic N) is 2. The number of hydrogen-bond donors (Lipinski definition) is 0. The predicted octanol–water partition coefficient (Wildman–Crippen LogP) is 4.29. The molecule has 2 aromatic carbocycles. The summed E-state index contributed by atoms with van der Waals surface area (Å²) in [5, 5.41) is 0.592. The number of carbonyl (C=O) groups excluding carboxylic acids is 2. The maximum Gasteiger partial charge on any atom is 0.254 e. The lowest BCUT2D eigenvalue weighted by Gasteiger charge is -2.39. The lowest BCUT2D eigenvalue weighted by molar-refractivity contribution is -0.124. The fourth-order valence-corrected chi connectivity index (χ4v) is 3.45. The fourth-order valence-electron chi connectivity index (χ4n) is 3.02. The number of carbonyl (C=O) groups is 2. The van der Waals surface area contributed by atoms with E-state index >= 15 is 0 Å². The van der Waals surface area contributed by atoms with Gasteiger partial charge in [0.2, 0.25) is 5.91 Å². The van der Waals surface area contributed by atoms with Gasteiger partial charge < -0.3 is 9.80 Å². The van der Waals surface area contributed by atoms with E-state index in [0.29, 0.717) is 23.7 Å². The molecule has 6 heteroatoms. The van der Waals surface area contributed by atoms with Gasteiger partial charge in [0.1, 0.15) is 6.04 Å². The second kappa shape index (κ2) is 7.18. The summed E-state index contributed by atoms with van der Waals surface area (Å²) in [4.78, 5) is 29.0. The smallest absolute Gasteiger partial charge is 0.254 e. The lowest BCUT2D eigenvalue weighted by atomic mass is 10.1. The summed E-state index contributed by atoms with van der Waals surface area (Å²) >= 11 is 9.45. The van der Waals surface area contributed by atoms with Crippen molar-refractivity contribution in [1.29, 1.82) is 0 Å². The zero-order chi connectivity index (χ0) is 18.1. The molecule has 2 amide bonds. The second-order valence-corrected chi connectivity index (χ2v) is 7.45. The van der Waals surface area contributed by atoms with Crippen LogP contribution in [0.15, 0.2) is 46.9 Å². The molecule has 4 nitrogen and oxygen atoms in total. The van der Waals surface area contributed by atoms with Crippen LogP contribution in [0.25, 0.3) is 0 Å². The third-order valence-corrected chi connectivity index (χ3v) is 5.23. The number of hydrogen-bond acceptors (Lipinski definition) is 2. The Hall–Kier alpha value is -1.85. The Kier molecular flexibility index (Phi) is 5.16. The molecule has 1 fully saturated rings. The van der Waals surface area contributed by atoms with Gasteiger partial charge in [-0.3, -0.25) is 9.59 Å². The second-order valence-electron chi connectivity index (χ2n) is 6.10. The van der Waals surface area contributed by atoms with Gasteiger partial charge in [-0.15, -0.1) is 0 Å². The van der Waals surface area contributed by atoms with Crippen LogP contribution in [0.2, 0.25) is 5.02 Å². The highest BCUT2D eigenvalue weighted by molar-refractivity contribution is 9.10. The third kappa shape index (κ3) is 3.58. The first-order chi connectivity index (χ1) is 11.9. The molecule has 0 unspecified atom stereocenters. The first-order valence-corrected chi connectivity index (χ1v) is 9.19. The Balaban J connectivity index is 1.83. The molecule has 1 aliphatic rings. The van der Waals surface area contributed by atoms with Gasteiger partial charge in [-0.2, -0.15) is 0 Å². The zero-order valence-corrected chi connectivity index (χ0v) is 16.3. The van der Waals surface area contributed by atoms with Crippen molar-refractivity contribution in [2.45, 2.75) is 19.9 Å². The van der Waals surface area contributed by atoms with E-state index in [1.54, 1.807) is 34.9 Å². The Labute approximate surface area is 160 Å². The molecular formula is C19H18BrClN2O2. The molecular weight excluding hydrogens is 404 g/mol. The summed E-state index contributed by atoms with van der Waals surface area (Å²) in [6, 6.07) is 12.2. The van der Waals surface area contributed by atoms with Crippen molar-refractivity contribution in [3.63, 3.8) is 0 Å². The molecule has 0 radical (unpaired) electrons. The minimum Gasteiger partial charge on any atom is -0.325 e. The normalized spacial score (nSPS) is 17.8. The quantitative estimate of drug-likeness (QED) is 0.726. The van der Waals surface area contributed by atoms with Gasteiger partial charge >= 0.3 is 0 Å². The Morgan fingerprint density at radius 1 is 1.16 bits per heavy atom. The van der Waals surface area contributed by atoms with Crippen molar-refractivity contribution >= 4 is 45.0 Å². The van der Waals surface area contributed by atoms with Gasteiger partial charge in [0.05, 0.1) is 0 Å². The number of amides is 2. The number of piperazine rings is 1. The maximum atomic E-state index is 12.9. The predicted molar refractivity (Wildman–Crippen MR) is 103 cm³/mol. The molecule has 130 valence electrons. The SMILES string of the molecule is Cc1ccc(Cl)cc1N1CCN(C(=O)c2ccc(Br)cc2)[C@H](C)C1=O. The van der Waals surface area contributed by atoms with E-state index in [1.165, 1.54) is 0 Å². The van der Waals surface area contributed by atoms with Crippen LogP contribution in [0, 0.1) is 6.92 Å². The van der Waals surface area contributed by atoms with Crippen LogP contribution in [0.5, 0.6) is 0 Å². The van der Waals surface area contributed by atoms with E-state index in [-0.39, 0.29) is 11.8 Å². The van der Waals surface area contributed by atoms with E-state index < -0.39 is 6.04 Å². The summed E-state index contributed by atoms with van der Waals surface area (Å²) in [7, 11) is 0. The highest BCUT2D eigenvalue weighted by atomic mass is 79.9. The van der Waals surface area contributed by atoms with Crippen LogP contribution in [0.4, 0.5) is 5.69 Å². The molecule has 2 aromatic rings. The van der Waals surface area contributed by atoms with Crippen molar-refractivity contribution in [3.05, 3.63) is 63.1 Å². The van der Waals surface area contributed by atoms with Crippen LogP contribution < -0.4 is 4.90 Å². The van der Waals surface area contributed by atoms with E-state index in [2.05, 4.69) is 15.9 Å². The molecule has 1 aliphatic heterocycles. The van der Waals surface area contributed by atoms with Gasteiger partial charge in [0, 0.05) is 33.8 Å². The summed E-state index contributed by atoms with van der Waals surface area (Å²) in [6.07, 6.45) is 0. The molecule has 0 bridgehead atoms. The first-order valence-electron chi connectivity index (χ1n) is 8.02. The largest absolute Gasteiger partial charge is 0.325 e. The van der Waals surface area contributed by atoms with E-state index in [9.17, 15) is 9.59 Å². The van der Waals surface area contributed by atoms with E-state index in [4.69, 9.17) is 11.6 Å². The molecule has 0 aliphatic carbocycles. The number of anilines is 1. The van der Waals surface area contributed by atoms with E-state index in [1.807, 2.05) is 31.2 Å². The minimum atomic E-state index is -0.525. The summed E-state index contributed by atoms with van der Waals surface area (Å²) in [6.45, 7) is 4.65. The van der Waals surface area contributed by atoms with Gasteiger partial charge in [-0.25, -0.2) is 0 Å². The van der Waals surface area contributed by atoms with E-state index in [0.717, 1.165) is 15.7 Å². The molecule has 1 saturated heterocycles. The van der Waals surface area contributed by atoms with Gasteiger partial charge in [0.25, 0.3) is 5.91 Å². The number of benzene rings is 2. The Bertz CT molecular complexity index is 823. The molecule has 0 saturated carbocycles. The van der Waals surface area contributed by atoms with Crippen molar-refractivity contribution < 1.29 is 9.59 Å². The highest BCUT2D eigenvalue weighted by Gasteiger charge is 2.35. The Morgan fingerprint density at radius 2 is 1.84 bits per heavy atom. The summed E-state index contributed by atoms with van der Waals surface area (Å²) < 4.78 is 0.912. The third-order valence-electron chi connectivity index (χ3n) is 4.47. The van der Waals surface area contributed by atoms with Crippen molar-refractivity contribution in [2.75, 3.05) is 18.0 Å². The molecule has 1 atom stereocenters. The van der Waals surface area contributed by atoms with Gasteiger partial charge in [0.15, 0.2) is 0 Å². The van der Waals surface area contributed by atoms with Crippen molar-refractivity contribution in [2.24, 2.45) is 0 Å². The monoisotopic (exact) mass is 420 g/mol. The molecule has 0 spiro atoms. The fraction of sp³-hybridized carbons (Fsp3) is 0.263. The van der Waals surface area contributed by atoms with Crippen LogP contribution >= 0.6 is 27.5 Å². The molecule has 25 heavy (non-hydrogen) atoms. The summed E-state index contributed by atoms with van der Waals surface area (Å²) in [5.74, 6) is -0.224. The zero-order valence-electron chi connectivity index (χ0n) is 14.0. The van der Waals surface area contributed by atoms with Gasteiger partial charge in [-0.05, 0) is 55.8 Å². The minimum absolute atomic E-state index is 0.0953. The molecule has 1 heterocycles. The number of aryl methyl sites for hydroxylation is 1. The van der Waals surface area contributed by atoms with Crippen LogP contribution in [-0.2, 0) is 4.79 Å². The molecule has 0 aromatic heterocycles. The van der Waals surface area contributed by atoms with Crippen LogP contribution in [0.1, 0.15) is 22.8 Å². The lowest BCUT2D eigenvalue weighted by Crippen LogP contribution is -2.57. The molecule has 0 N–H and O–H groups in total. The van der Waals surface area contributed by atoms with Crippen molar-refractivity contribution in [3.8, 4) is 0 Å². The van der Waals surface area contributed by atoms with Gasteiger partial charge in [-0.1, -0.05) is 33.6 Å². The van der Waals surface area contributed by atoms with Crippen LogP contribution in [-0.4, -0.2) is 35.8 Å². The topological polar surface area (TPSA) is 40.6 Å². The number of rotatable bonds is 2. The Morgan fingerprint density at radius 3 is 2.52 bits per heavy atom.